The molecule has 0 aliphatic rings. The van der Waals surface area contributed by atoms with Crippen LogP contribution in [0.1, 0.15) is 67.1 Å². The molecule has 0 radical (unpaired) electrons. The van der Waals surface area contributed by atoms with Gasteiger partial charge in [-0.2, -0.15) is 0 Å². The molecular weight excluding hydrogens is 286 g/mol. The van der Waals surface area contributed by atoms with E-state index in [1.807, 2.05) is 34.6 Å². The molecular formula is C16H25NO3S. The highest BCUT2D eigenvalue weighted by Crippen LogP contribution is 2.37. The Morgan fingerprint density at radius 3 is 2.29 bits per heavy atom. The lowest BCUT2D eigenvalue weighted by molar-refractivity contribution is 0.0531. The highest BCUT2D eigenvalue weighted by atomic mass is 32.1. The first-order valence-corrected chi connectivity index (χ1v) is 8.04. The van der Waals surface area contributed by atoms with Crippen LogP contribution in [0.15, 0.2) is 0 Å². The number of carbonyl (C=O) groups is 2. The van der Waals surface area contributed by atoms with Gasteiger partial charge in [-0.25, -0.2) is 4.79 Å². The lowest BCUT2D eigenvalue weighted by Gasteiger charge is -2.18. The molecule has 5 heteroatoms. The van der Waals surface area contributed by atoms with Crippen LogP contribution < -0.4 is 5.73 Å². The van der Waals surface area contributed by atoms with E-state index in [2.05, 4.69) is 0 Å². The Bertz CT molecular complexity index is 538. The van der Waals surface area contributed by atoms with Crippen LogP contribution in [0, 0.1) is 11.3 Å². The highest BCUT2D eigenvalue weighted by Gasteiger charge is 2.32. The van der Waals surface area contributed by atoms with Gasteiger partial charge >= 0.3 is 5.97 Å². The Balaban J connectivity index is 3.42. The van der Waals surface area contributed by atoms with Crippen LogP contribution in [0.3, 0.4) is 0 Å². The summed E-state index contributed by atoms with van der Waals surface area (Å²) in [4.78, 5) is 25.2. The van der Waals surface area contributed by atoms with E-state index in [0.717, 1.165) is 16.9 Å². The number of hydrogen-bond donors (Lipinski definition) is 1. The van der Waals surface area contributed by atoms with Gasteiger partial charge in [-0.15, -0.1) is 11.3 Å². The zero-order chi connectivity index (χ0) is 16.4. The Labute approximate surface area is 130 Å². The summed E-state index contributed by atoms with van der Waals surface area (Å²) in [6.45, 7) is 11.7. The summed E-state index contributed by atoms with van der Waals surface area (Å²) in [5.74, 6) is -0.0982. The van der Waals surface area contributed by atoms with Crippen molar-refractivity contribution < 1.29 is 14.3 Å². The van der Waals surface area contributed by atoms with Gasteiger partial charge in [-0.3, -0.25) is 4.79 Å². The van der Waals surface area contributed by atoms with Crippen molar-refractivity contribution in [2.45, 2.75) is 48.0 Å². The van der Waals surface area contributed by atoms with Gasteiger partial charge in [0.25, 0.3) is 0 Å². The molecule has 4 nitrogen and oxygen atoms in total. The van der Waals surface area contributed by atoms with Crippen molar-refractivity contribution in [3.63, 3.8) is 0 Å². The zero-order valence-electron chi connectivity index (χ0n) is 13.7. The van der Waals surface area contributed by atoms with Crippen molar-refractivity contribution in [3.8, 4) is 0 Å². The molecule has 0 saturated carbocycles. The first-order chi connectivity index (χ1) is 9.59. The predicted molar refractivity (Wildman–Crippen MR) is 87.0 cm³/mol. The fourth-order valence-electron chi connectivity index (χ4n) is 2.07. The predicted octanol–water partition coefficient (Wildman–Crippen LogP) is 3.93. The van der Waals surface area contributed by atoms with Crippen LogP contribution in [-0.4, -0.2) is 18.4 Å². The highest BCUT2D eigenvalue weighted by molar-refractivity contribution is 7.18. The first-order valence-electron chi connectivity index (χ1n) is 7.22. The van der Waals surface area contributed by atoms with Gasteiger partial charge in [0.2, 0.25) is 0 Å². The van der Waals surface area contributed by atoms with E-state index in [1.165, 1.54) is 0 Å². The second kappa shape index (κ2) is 6.60. The van der Waals surface area contributed by atoms with Gasteiger partial charge in [0.1, 0.15) is 4.88 Å². The quantitative estimate of drug-likeness (QED) is 0.660. The number of ketones is 1. The third-order valence-corrected chi connectivity index (χ3v) is 4.06. The van der Waals surface area contributed by atoms with Crippen LogP contribution in [0.5, 0.6) is 0 Å². The first kappa shape index (κ1) is 17.7. The van der Waals surface area contributed by atoms with Gasteiger partial charge < -0.3 is 10.5 Å². The largest absolute Gasteiger partial charge is 0.462 e. The van der Waals surface area contributed by atoms with E-state index in [1.54, 1.807) is 6.92 Å². The van der Waals surface area contributed by atoms with Crippen molar-refractivity contribution >= 4 is 28.1 Å². The maximum Gasteiger partial charge on any atom is 0.348 e. The molecule has 2 N–H and O–H groups in total. The van der Waals surface area contributed by atoms with Crippen LogP contribution in [0.25, 0.3) is 0 Å². The normalized spacial score (nSPS) is 11.8. The summed E-state index contributed by atoms with van der Waals surface area (Å²) in [5, 5.41) is 0.411. The van der Waals surface area contributed by atoms with Gasteiger partial charge in [-0.05, 0) is 24.8 Å². The van der Waals surface area contributed by atoms with Gasteiger partial charge in [0, 0.05) is 5.41 Å². The average molecular weight is 311 g/mol. The van der Waals surface area contributed by atoms with Crippen molar-refractivity contribution in [3.05, 3.63) is 16.0 Å². The fraction of sp³-hybridized carbons (Fsp3) is 0.625. The van der Waals surface area contributed by atoms with Crippen LogP contribution >= 0.6 is 11.3 Å². The number of thiophene rings is 1. The number of esters is 1. The molecule has 1 rings (SSSR count). The number of nitrogen functional groups attached to an aromatic ring is 1. The molecule has 0 atom stereocenters. The number of anilines is 1. The molecule has 0 unspecified atom stereocenters. The monoisotopic (exact) mass is 311 g/mol. The minimum Gasteiger partial charge on any atom is -0.462 e. The molecule has 0 fully saturated rings. The number of ether oxygens (including phenoxy) is 1. The Morgan fingerprint density at radius 2 is 1.86 bits per heavy atom. The van der Waals surface area contributed by atoms with Gasteiger partial charge in [-0.1, -0.05) is 34.6 Å². The molecule has 1 aromatic heterocycles. The van der Waals surface area contributed by atoms with E-state index in [9.17, 15) is 9.59 Å². The molecule has 118 valence electrons. The SMILES string of the molecule is CCOC(=O)c1sc(N)c(C(=O)C(C)(C)C)c1CC(C)C. The van der Waals surface area contributed by atoms with Crippen molar-refractivity contribution in [1.82, 2.24) is 0 Å². The van der Waals surface area contributed by atoms with E-state index in [4.69, 9.17) is 10.5 Å². The molecule has 0 amide bonds. The molecule has 1 aromatic rings. The third-order valence-electron chi connectivity index (χ3n) is 3.02. The summed E-state index contributed by atoms with van der Waals surface area (Å²) in [6.07, 6.45) is 0.638. The summed E-state index contributed by atoms with van der Waals surface area (Å²) in [5.41, 5.74) is 6.75. The number of hydrogen-bond acceptors (Lipinski definition) is 5. The maximum absolute atomic E-state index is 12.7. The molecule has 0 saturated heterocycles. The molecule has 0 spiro atoms. The molecule has 21 heavy (non-hydrogen) atoms. The van der Waals surface area contributed by atoms with Crippen LogP contribution in [0.4, 0.5) is 5.00 Å². The summed E-state index contributed by atoms with van der Waals surface area (Å²) in [7, 11) is 0. The molecule has 0 bridgehead atoms. The molecule has 0 aliphatic heterocycles. The zero-order valence-corrected chi connectivity index (χ0v) is 14.5. The number of carbonyl (C=O) groups excluding carboxylic acids is 2. The Kier molecular flexibility index (Phi) is 5.56. The maximum atomic E-state index is 12.7. The lowest BCUT2D eigenvalue weighted by atomic mass is 9.84. The number of rotatable bonds is 5. The lowest BCUT2D eigenvalue weighted by Crippen LogP contribution is -2.22. The smallest absolute Gasteiger partial charge is 0.348 e. The van der Waals surface area contributed by atoms with Crippen molar-refractivity contribution in [2.24, 2.45) is 11.3 Å². The minimum atomic E-state index is -0.535. The average Bonchev–Trinajstić information content (AvgIpc) is 2.63. The Hall–Kier alpha value is -1.36. The van der Waals surface area contributed by atoms with Gasteiger partial charge in [0.05, 0.1) is 17.2 Å². The summed E-state index contributed by atoms with van der Waals surface area (Å²) >= 11 is 1.16. The molecule has 0 aliphatic carbocycles. The van der Waals surface area contributed by atoms with E-state index < -0.39 is 11.4 Å². The summed E-state index contributed by atoms with van der Waals surface area (Å²) in [6, 6.07) is 0. The van der Waals surface area contributed by atoms with Crippen LogP contribution in [-0.2, 0) is 11.2 Å². The Morgan fingerprint density at radius 1 is 1.29 bits per heavy atom. The molecule has 1 heterocycles. The number of nitrogens with two attached hydrogens (primary N) is 1. The van der Waals surface area contributed by atoms with E-state index in [0.29, 0.717) is 34.4 Å². The third kappa shape index (κ3) is 4.06. The fourth-order valence-corrected chi connectivity index (χ4v) is 3.06. The topological polar surface area (TPSA) is 69.4 Å². The van der Waals surface area contributed by atoms with E-state index >= 15 is 0 Å². The van der Waals surface area contributed by atoms with E-state index in [-0.39, 0.29) is 5.78 Å². The second-order valence-electron chi connectivity index (χ2n) is 6.55. The van der Waals surface area contributed by atoms with Crippen molar-refractivity contribution in [2.75, 3.05) is 12.3 Å². The standard InChI is InChI=1S/C16H25NO3S/c1-7-20-15(19)12-10(8-9(2)3)11(14(17)21-12)13(18)16(4,5)6/h9H,7-8,17H2,1-6H3. The summed E-state index contributed by atoms with van der Waals surface area (Å²) < 4.78 is 5.09. The van der Waals surface area contributed by atoms with Crippen molar-refractivity contribution in [1.29, 1.82) is 0 Å². The van der Waals surface area contributed by atoms with Crippen LogP contribution in [0.2, 0.25) is 0 Å². The second-order valence-corrected chi connectivity index (χ2v) is 7.60. The molecule has 0 aromatic carbocycles. The van der Waals surface area contributed by atoms with Gasteiger partial charge in [0.15, 0.2) is 5.78 Å². The number of Topliss-reactive ketones (excluding diaryl/α,β-unsaturated/α-hetero) is 1. The minimum absolute atomic E-state index is 0.0255.